The first kappa shape index (κ1) is 19.4. The molecule has 0 radical (unpaired) electrons. The fourth-order valence-corrected chi connectivity index (χ4v) is 2.48. The molecule has 3 N–H and O–H groups in total. The van der Waals surface area contributed by atoms with E-state index in [1.807, 2.05) is 56.3 Å². The highest BCUT2D eigenvalue weighted by atomic mass is 16.5. The fraction of sp³-hybridized carbons (Fsp3) is 0.350. The van der Waals surface area contributed by atoms with E-state index < -0.39 is 0 Å². The zero-order valence-corrected chi connectivity index (χ0v) is 15.6. The Bertz CT molecular complexity index is 732. The minimum atomic E-state index is 0.352. The smallest absolute Gasteiger partial charge is 0.193 e. The van der Waals surface area contributed by atoms with Gasteiger partial charge in [-0.25, -0.2) is 0 Å². The number of hydrogen-bond donors (Lipinski definition) is 2. The van der Waals surface area contributed by atoms with Crippen molar-refractivity contribution in [3.8, 4) is 17.2 Å². The summed E-state index contributed by atoms with van der Waals surface area (Å²) < 4.78 is 16.5. The summed E-state index contributed by atoms with van der Waals surface area (Å²) in [5, 5.41) is 3.06. The van der Waals surface area contributed by atoms with Gasteiger partial charge in [0.05, 0.1) is 26.0 Å². The standard InChI is InChI=1S/C20H27N3O3/c1-4-25-18-11-10-15(14-19(18)26-5-2)12-13-22-20(21)23-16-8-6-7-9-17(16)24-3/h6-11,14H,4-5,12-13H2,1-3H3,(H3,21,22,23). The molecule has 26 heavy (non-hydrogen) atoms. The summed E-state index contributed by atoms with van der Waals surface area (Å²) in [4.78, 5) is 4.38. The first-order valence-electron chi connectivity index (χ1n) is 8.76. The number of methoxy groups -OCH3 is 1. The lowest BCUT2D eigenvalue weighted by Gasteiger charge is -2.12. The Hall–Kier alpha value is -2.89. The lowest BCUT2D eigenvalue weighted by molar-refractivity contribution is 0.287. The van der Waals surface area contributed by atoms with Gasteiger partial charge in [0, 0.05) is 6.54 Å². The summed E-state index contributed by atoms with van der Waals surface area (Å²) in [7, 11) is 1.62. The zero-order valence-electron chi connectivity index (χ0n) is 15.6. The first-order valence-corrected chi connectivity index (χ1v) is 8.76. The molecule has 140 valence electrons. The molecule has 0 saturated carbocycles. The summed E-state index contributed by atoms with van der Waals surface area (Å²) in [6.45, 7) is 5.67. The van der Waals surface area contributed by atoms with Crippen LogP contribution in [0.2, 0.25) is 0 Å². The van der Waals surface area contributed by atoms with E-state index in [9.17, 15) is 0 Å². The zero-order chi connectivity index (χ0) is 18.8. The Morgan fingerprint density at radius 2 is 1.73 bits per heavy atom. The molecule has 2 aromatic rings. The van der Waals surface area contributed by atoms with Gasteiger partial charge in [0.15, 0.2) is 17.5 Å². The third-order valence-corrected chi connectivity index (χ3v) is 3.66. The summed E-state index contributed by atoms with van der Waals surface area (Å²) in [5.74, 6) is 2.60. The van der Waals surface area contributed by atoms with E-state index in [1.165, 1.54) is 0 Å². The highest BCUT2D eigenvalue weighted by Gasteiger charge is 2.06. The molecular weight excluding hydrogens is 330 g/mol. The first-order chi connectivity index (χ1) is 12.7. The van der Waals surface area contributed by atoms with E-state index in [1.54, 1.807) is 7.11 Å². The van der Waals surface area contributed by atoms with Crippen LogP contribution in [0.1, 0.15) is 19.4 Å². The number of guanidine groups is 1. The van der Waals surface area contributed by atoms with E-state index >= 15 is 0 Å². The maximum atomic E-state index is 5.97. The molecule has 2 aromatic carbocycles. The second-order valence-corrected chi connectivity index (χ2v) is 5.49. The number of hydrogen-bond acceptors (Lipinski definition) is 4. The molecule has 0 atom stereocenters. The number of nitrogens with two attached hydrogens (primary N) is 1. The van der Waals surface area contributed by atoms with E-state index in [0.29, 0.717) is 25.7 Å². The predicted octanol–water partition coefficient (Wildman–Crippen LogP) is 3.46. The Morgan fingerprint density at radius 3 is 2.46 bits per heavy atom. The second kappa shape index (κ2) is 10.2. The molecule has 0 bridgehead atoms. The van der Waals surface area contributed by atoms with Crippen molar-refractivity contribution in [1.29, 1.82) is 0 Å². The molecule has 0 spiro atoms. The van der Waals surface area contributed by atoms with Crippen LogP contribution in [-0.4, -0.2) is 32.8 Å². The number of benzene rings is 2. The molecule has 6 nitrogen and oxygen atoms in total. The largest absolute Gasteiger partial charge is 0.495 e. The molecule has 0 aliphatic carbocycles. The SMILES string of the molecule is CCOc1ccc(CCN=C(N)Nc2ccccc2OC)cc1OCC. The number of anilines is 1. The molecule has 0 saturated heterocycles. The van der Waals surface area contributed by atoms with Crippen molar-refractivity contribution in [1.82, 2.24) is 0 Å². The van der Waals surface area contributed by atoms with Crippen LogP contribution in [0.25, 0.3) is 0 Å². The maximum absolute atomic E-state index is 5.97. The van der Waals surface area contributed by atoms with Crippen molar-refractivity contribution in [2.45, 2.75) is 20.3 Å². The van der Waals surface area contributed by atoms with Gasteiger partial charge >= 0.3 is 0 Å². The quantitative estimate of drug-likeness (QED) is 0.531. The van der Waals surface area contributed by atoms with Crippen LogP contribution in [0.5, 0.6) is 17.2 Å². The number of nitrogens with one attached hydrogen (secondary N) is 1. The summed E-state index contributed by atoms with van der Waals surface area (Å²) in [6.07, 6.45) is 0.751. The van der Waals surface area contributed by atoms with Crippen LogP contribution in [0.3, 0.4) is 0 Å². The van der Waals surface area contributed by atoms with Gasteiger partial charge in [0.1, 0.15) is 5.75 Å². The van der Waals surface area contributed by atoms with Crippen LogP contribution in [0.15, 0.2) is 47.5 Å². The molecule has 0 aliphatic heterocycles. The van der Waals surface area contributed by atoms with E-state index in [0.717, 1.165) is 34.9 Å². The number of nitrogens with zero attached hydrogens (tertiary/aromatic N) is 1. The van der Waals surface area contributed by atoms with Gasteiger partial charge in [-0.05, 0) is 50.1 Å². The molecular formula is C20H27N3O3. The molecule has 0 aliphatic rings. The van der Waals surface area contributed by atoms with Crippen LogP contribution < -0.4 is 25.3 Å². The highest BCUT2D eigenvalue weighted by molar-refractivity contribution is 5.93. The van der Waals surface area contributed by atoms with E-state index in [-0.39, 0.29) is 0 Å². The molecule has 0 unspecified atom stereocenters. The van der Waals surface area contributed by atoms with Crippen molar-refractivity contribution >= 4 is 11.6 Å². The number of rotatable bonds is 9. The van der Waals surface area contributed by atoms with Gasteiger partial charge in [-0.15, -0.1) is 0 Å². The number of ether oxygens (including phenoxy) is 3. The van der Waals surface area contributed by atoms with Gasteiger partial charge in [0.25, 0.3) is 0 Å². The monoisotopic (exact) mass is 357 g/mol. The van der Waals surface area contributed by atoms with Crippen molar-refractivity contribution in [2.75, 3.05) is 32.2 Å². The summed E-state index contributed by atoms with van der Waals surface area (Å²) in [6, 6.07) is 13.5. The summed E-state index contributed by atoms with van der Waals surface area (Å²) in [5.41, 5.74) is 7.88. The van der Waals surface area contributed by atoms with Gasteiger partial charge in [0.2, 0.25) is 0 Å². The maximum Gasteiger partial charge on any atom is 0.193 e. The topological polar surface area (TPSA) is 78.1 Å². The van der Waals surface area contributed by atoms with E-state index in [2.05, 4.69) is 10.3 Å². The van der Waals surface area contributed by atoms with E-state index in [4.69, 9.17) is 19.9 Å². The fourth-order valence-electron chi connectivity index (χ4n) is 2.48. The van der Waals surface area contributed by atoms with Gasteiger partial charge in [-0.1, -0.05) is 18.2 Å². The van der Waals surface area contributed by atoms with Crippen molar-refractivity contribution in [3.05, 3.63) is 48.0 Å². The predicted molar refractivity (Wildman–Crippen MR) is 106 cm³/mol. The van der Waals surface area contributed by atoms with Crippen molar-refractivity contribution < 1.29 is 14.2 Å². The third kappa shape index (κ3) is 5.58. The molecule has 0 heterocycles. The molecule has 2 rings (SSSR count). The molecule has 6 heteroatoms. The minimum Gasteiger partial charge on any atom is -0.495 e. The van der Waals surface area contributed by atoms with Gasteiger partial charge < -0.3 is 25.3 Å². The lowest BCUT2D eigenvalue weighted by atomic mass is 10.1. The Labute approximate surface area is 155 Å². The Morgan fingerprint density at radius 1 is 1.00 bits per heavy atom. The Balaban J connectivity index is 1.97. The molecule has 0 amide bonds. The van der Waals surface area contributed by atoms with Crippen molar-refractivity contribution in [2.24, 2.45) is 10.7 Å². The normalized spacial score (nSPS) is 11.1. The van der Waals surface area contributed by atoms with Crippen LogP contribution >= 0.6 is 0 Å². The third-order valence-electron chi connectivity index (χ3n) is 3.66. The van der Waals surface area contributed by atoms with Crippen LogP contribution in [0.4, 0.5) is 5.69 Å². The lowest BCUT2D eigenvalue weighted by Crippen LogP contribution is -2.23. The average molecular weight is 357 g/mol. The molecule has 0 aromatic heterocycles. The van der Waals surface area contributed by atoms with Gasteiger partial charge in [-0.2, -0.15) is 0 Å². The second-order valence-electron chi connectivity index (χ2n) is 5.49. The Kier molecular flexibility index (Phi) is 7.61. The number of aliphatic imine (C=N–C) groups is 1. The highest BCUT2D eigenvalue weighted by Crippen LogP contribution is 2.28. The average Bonchev–Trinajstić information content (AvgIpc) is 2.64. The number of para-hydroxylation sites is 2. The van der Waals surface area contributed by atoms with Crippen LogP contribution in [-0.2, 0) is 6.42 Å². The molecule has 0 fully saturated rings. The van der Waals surface area contributed by atoms with Crippen LogP contribution in [0, 0.1) is 0 Å². The van der Waals surface area contributed by atoms with Crippen molar-refractivity contribution in [3.63, 3.8) is 0 Å². The minimum absolute atomic E-state index is 0.352. The van der Waals surface area contributed by atoms with Gasteiger partial charge in [-0.3, -0.25) is 4.99 Å². The summed E-state index contributed by atoms with van der Waals surface area (Å²) >= 11 is 0.